The molecule has 0 saturated heterocycles. The molecule has 1 heterocycles. The second-order valence-corrected chi connectivity index (χ2v) is 5.93. The summed E-state index contributed by atoms with van der Waals surface area (Å²) in [7, 11) is 0. The van der Waals surface area contributed by atoms with Crippen LogP contribution in [0.1, 0.15) is 37.8 Å². The molecule has 1 N–H and O–H groups in total. The van der Waals surface area contributed by atoms with Gasteiger partial charge in [0.05, 0.1) is 0 Å². The third kappa shape index (κ3) is 3.78. The Bertz CT molecular complexity index is 331. The van der Waals surface area contributed by atoms with Crippen LogP contribution in [0.3, 0.4) is 0 Å². The first kappa shape index (κ1) is 13.0. The van der Waals surface area contributed by atoms with Crippen LogP contribution in [0, 0.1) is 5.92 Å². The van der Waals surface area contributed by atoms with E-state index in [1.807, 2.05) is 11.8 Å². The summed E-state index contributed by atoms with van der Waals surface area (Å²) in [5, 5.41) is 3.70. The summed E-state index contributed by atoms with van der Waals surface area (Å²) in [5.41, 5.74) is 1.49. The number of nitrogens with zero attached hydrogens (tertiary/aromatic N) is 1. The van der Waals surface area contributed by atoms with Crippen molar-refractivity contribution in [2.45, 2.75) is 38.8 Å². The monoisotopic (exact) mass is 252 g/mol. The first-order chi connectivity index (χ1) is 8.35. The summed E-state index contributed by atoms with van der Waals surface area (Å²) >= 11 is 1.91. The van der Waals surface area contributed by atoms with E-state index in [1.165, 1.54) is 30.6 Å². The molecule has 1 aliphatic rings. The van der Waals surface area contributed by atoms with E-state index in [-0.39, 0.29) is 0 Å². The summed E-state index contributed by atoms with van der Waals surface area (Å²) in [6.07, 6.45) is 10.8. The van der Waals surface area contributed by atoms with Gasteiger partial charge in [0.2, 0.25) is 0 Å². The average molecular weight is 252 g/mol. The second-order valence-electron chi connectivity index (χ2n) is 4.94. The van der Waals surface area contributed by atoms with E-state index in [4.69, 9.17) is 0 Å². The zero-order valence-electron chi connectivity index (χ0n) is 11.0. The lowest BCUT2D eigenvalue weighted by molar-refractivity contribution is 0.480. The van der Waals surface area contributed by atoms with Crippen molar-refractivity contribution < 1.29 is 0 Å². The van der Waals surface area contributed by atoms with E-state index in [1.54, 1.807) is 0 Å². The van der Waals surface area contributed by atoms with Crippen LogP contribution in [0.25, 0.3) is 0 Å². The maximum absolute atomic E-state index is 3.70. The van der Waals surface area contributed by atoms with E-state index in [0.717, 1.165) is 19.0 Å². The highest BCUT2D eigenvalue weighted by atomic mass is 32.2. The molecule has 2 nitrogen and oxygen atoms in total. The van der Waals surface area contributed by atoms with Gasteiger partial charge in [-0.1, -0.05) is 6.92 Å². The Kier molecular flexibility index (Phi) is 4.99. The molecule has 1 unspecified atom stereocenters. The highest BCUT2D eigenvalue weighted by Gasteiger charge is 2.32. The molecule has 1 aliphatic carbocycles. The van der Waals surface area contributed by atoms with Crippen molar-refractivity contribution in [1.29, 1.82) is 0 Å². The Hall–Kier alpha value is -0.410. The first-order valence-electron chi connectivity index (χ1n) is 6.73. The van der Waals surface area contributed by atoms with Crippen molar-refractivity contribution in [1.82, 2.24) is 9.88 Å². The lowest BCUT2D eigenvalue weighted by atomic mass is 10.1. The van der Waals surface area contributed by atoms with Crippen LogP contribution in [0.5, 0.6) is 0 Å². The smallest absolute Gasteiger partial charge is 0.0363 e. The lowest BCUT2D eigenvalue weighted by Gasteiger charge is -2.16. The van der Waals surface area contributed by atoms with Crippen LogP contribution in [0.2, 0.25) is 0 Å². The van der Waals surface area contributed by atoms with E-state index >= 15 is 0 Å². The molecule has 1 atom stereocenters. The Morgan fingerprint density at radius 2 is 2.35 bits per heavy atom. The normalized spacial score (nSPS) is 17.3. The highest BCUT2D eigenvalue weighted by Crippen LogP contribution is 2.41. The highest BCUT2D eigenvalue weighted by molar-refractivity contribution is 7.98. The molecule has 1 aromatic rings. The van der Waals surface area contributed by atoms with Crippen molar-refractivity contribution in [2.75, 3.05) is 18.6 Å². The van der Waals surface area contributed by atoms with E-state index < -0.39 is 0 Å². The minimum atomic E-state index is 0.602. The Morgan fingerprint density at radius 3 is 3.00 bits per heavy atom. The molecule has 0 bridgehead atoms. The first-order valence-corrected chi connectivity index (χ1v) is 8.12. The summed E-state index contributed by atoms with van der Waals surface area (Å²) < 4.78 is 2.33. The molecule has 1 saturated carbocycles. The number of aromatic nitrogens is 1. The summed E-state index contributed by atoms with van der Waals surface area (Å²) in [5.74, 6) is 2.09. The summed E-state index contributed by atoms with van der Waals surface area (Å²) in [6.45, 7) is 4.50. The number of rotatable bonds is 8. The van der Waals surface area contributed by atoms with Crippen LogP contribution in [-0.4, -0.2) is 23.1 Å². The average Bonchev–Trinajstić information content (AvgIpc) is 3.07. The largest absolute Gasteiger partial charge is 0.353 e. The number of hydrogen-bond acceptors (Lipinski definition) is 2. The molecular weight excluding hydrogens is 228 g/mol. The number of nitrogens with one attached hydrogen (secondary N) is 1. The molecule has 0 amide bonds. The third-order valence-electron chi connectivity index (χ3n) is 3.39. The zero-order valence-corrected chi connectivity index (χ0v) is 11.8. The van der Waals surface area contributed by atoms with Crippen LogP contribution in [-0.2, 0) is 6.54 Å². The number of aryl methyl sites for hydroxylation is 1. The standard InChI is InChI=1S/C14H24N2S/c1-3-7-15-14(12-4-5-12)13-6-8-16(11-13)9-10-17-2/h6,8,11-12,14-15H,3-5,7,9-10H2,1-2H3. The topological polar surface area (TPSA) is 17.0 Å². The van der Waals surface area contributed by atoms with Gasteiger partial charge in [-0.05, 0) is 49.6 Å². The van der Waals surface area contributed by atoms with Gasteiger partial charge in [-0.2, -0.15) is 11.8 Å². The maximum Gasteiger partial charge on any atom is 0.0363 e. The van der Waals surface area contributed by atoms with Gasteiger partial charge < -0.3 is 9.88 Å². The molecule has 0 radical (unpaired) electrons. The lowest BCUT2D eigenvalue weighted by Crippen LogP contribution is -2.23. The van der Waals surface area contributed by atoms with Crippen LogP contribution in [0.15, 0.2) is 18.5 Å². The van der Waals surface area contributed by atoms with Crippen molar-refractivity contribution in [3.63, 3.8) is 0 Å². The fourth-order valence-corrected chi connectivity index (χ4v) is 2.66. The van der Waals surface area contributed by atoms with Gasteiger partial charge in [-0.3, -0.25) is 0 Å². The van der Waals surface area contributed by atoms with Gasteiger partial charge in [0.25, 0.3) is 0 Å². The van der Waals surface area contributed by atoms with Gasteiger partial charge >= 0.3 is 0 Å². The minimum absolute atomic E-state index is 0.602. The van der Waals surface area contributed by atoms with Gasteiger partial charge in [0, 0.05) is 30.7 Å². The molecule has 0 aliphatic heterocycles. The molecular formula is C14H24N2S. The zero-order chi connectivity index (χ0) is 12.1. The molecule has 1 aromatic heterocycles. The number of thioether (sulfide) groups is 1. The van der Waals surface area contributed by atoms with E-state index in [0.29, 0.717) is 6.04 Å². The van der Waals surface area contributed by atoms with Gasteiger partial charge in [-0.25, -0.2) is 0 Å². The van der Waals surface area contributed by atoms with Crippen LogP contribution in [0.4, 0.5) is 0 Å². The third-order valence-corrected chi connectivity index (χ3v) is 3.98. The summed E-state index contributed by atoms with van der Waals surface area (Å²) in [6, 6.07) is 2.90. The Balaban J connectivity index is 1.94. The molecule has 2 rings (SSSR count). The van der Waals surface area contributed by atoms with E-state index in [9.17, 15) is 0 Å². The molecule has 17 heavy (non-hydrogen) atoms. The predicted octanol–water partition coefficient (Wildman–Crippen LogP) is 3.30. The molecule has 1 fully saturated rings. The fourth-order valence-electron chi connectivity index (χ4n) is 2.27. The molecule has 96 valence electrons. The van der Waals surface area contributed by atoms with Gasteiger partial charge in [-0.15, -0.1) is 0 Å². The molecule has 3 heteroatoms. The fraction of sp³-hybridized carbons (Fsp3) is 0.714. The van der Waals surface area contributed by atoms with Gasteiger partial charge in [0.1, 0.15) is 0 Å². The van der Waals surface area contributed by atoms with Gasteiger partial charge in [0.15, 0.2) is 0 Å². The maximum atomic E-state index is 3.70. The second kappa shape index (κ2) is 6.50. The van der Waals surface area contributed by atoms with Crippen molar-refractivity contribution in [3.8, 4) is 0 Å². The van der Waals surface area contributed by atoms with Crippen molar-refractivity contribution >= 4 is 11.8 Å². The van der Waals surface area contributed by atoms with Crippen LogP contribution < -0.4 is 5.32 Å². The minimum Gasteiger partial charge on any atom is -0.353 e. The SMILES string of the molecule is CCCNC(c1ccn(CCSC)c1)C1CC1. The predicted molar refractivity (Wildman–Crippen MR) is 76.6 cm³/mol. The Labute approximate surface area is 109 Å². The van der Waals surface area contributed by atoms with Crippen molar-refractivity contribution in [3.05, 3.63) is 24.0 Å². The van der Waals surface area contributed by atoms with Crippen molar-refractivity contribution in [2.24, 2.45) is 5.92 Å². The quantitative estimate of drug-likeness (QED) is 0.764. The Morgan fingerprint density at radius 1 is 1.53 bits per heavy atom. The van der Waals surface area contributed by atoms with Crippen LogP contribution >= 0.6 is 11.8 Å². The number of hydrogen-bond donors (Lipinski definition) is 1. The summed E-state index contributed by atoms with van der Waals surface area (Å²) in [4.78, 5) is 0. The molecule has 0 aromatic carbocycles. The molecule has 0 spiro atoms. The van der Waals surface area contributed by atoms with E-state index in [2.05, 4.69) is 41.5 Å².